The molecule has 0 spiro atoms. The minimum atomic E-state index is -3.95. The SMILES string of the molecule is COC(=O)CNS(=O)(=O)c1ccsc1C(=O)OC. The molecule has 1 N–H and O–H groups in total. The lowest BCUT2D eigenvalue weighted by Gasteiger charge is -2.05. The van der Waals surface area contributed by atoms with Gasteiger partial charge in [-0.2, -0.15) is 4.72 Å². The smallest absolute Gasteiger partial charge is 0.349 e. The molecule has 0 aliphatic rings. The molecule has 0 fully saturated rings. The molecule has 1 heterocycles. The van der Waals surface area contributed by atoms with Crippen LogP contribution < -0.4 is 4.72 Å². The lowest BCUT2D eigenvalue weighted by molar-refractivity contribution is -0.139. The molecule has 0 saturated carbocycles. The van der Waals surface area contributed by atoms with E-state index >= 15 is 0 Å². The first kappa shape index (κ1) is 14.6. The molecular formula is C9H11NO6S2. The average molecular weight is 293 g/mol. The molecule has 0 radical (unpaired) electrons. The van der Waals surface area contributed by atoms with Gasteiger partial charge in [0.15, 0.2) is 0 Å². The Morgan fingerprint density at radius 3 is 2.56 bits per heavy atom. The minimum Gasteiger partial charge on any atom is -0.468 e. The van der Waals surface area contributed by atoms with Crippen LogP contribution in [0.4, 0.5) is 0 Å². The van der Waals surface area contributed by atoms with Gasteiger partial charge in [0.05, 0.1) is 14.2 Å². The maximum Gasteiger partial charge on any atom is 0.349 e. The number of rotatable bonds is 5. The summed E-state index contributed by atoms with van der Waals surface area (Å²) in [5, 5.41) is 1.44. The molecule has 1 rings (SSSR count). The standard InChI is InChI=1S/C9H11NO6S2/c1-15-7(11)5-10-18(13,14)6-3-4-17-8(6)9(12)16-2/h3-4,10H,5H2,1-2H3. The predicted octanol–water partition coefficient (Wildman–Crippen LogP) is -0.0140. The van der Waals surface area contributed by atoms with Crippen LogP contribution in [-0.2, 0) is 24.3 Å². The van der Waals surface area contributed by atoms with Gasteiger partial charge in [0.1, 0.15) is 16.3 Å². The zero-order valence-corrected chi connectivity index (χ0v) is 11.3. The van der Waals surface area contributed by atoms with Crippen molar-refractivity contribution in [1.29, 1.82) is 0 Å². The summed E-state index contributed by atoms with van der Waals surface area (Å²) in [6.07, 6.45) is 0. The van der Waals surface area contributed by atoms with Crippen molar-refractivity contribution in [3.05, 3.63) is 16.3 Å². The average Bonchev–Trinajstić information content (AvgIpc) is 2.85. The first-order chi connectivity index (χ1) is 8.42. The van der Waals surface area contributed by atoms with Crippen molar-refractivity contribution in [3.8, 4) is 0 Å². The first-order valence-electron chi connectivity index (χ1n) is 4.64. The van der Waals surface area contributed by atoms with Crippen LogP contribution in [0.1, 0.15) is 9.67 Å². The molecule has 0 atom stereocenters. The molecule has 100 valence electrons. The van der Waals surface area contributed by atoms with Gasteiger partial charge in [-0.25, -0.2) is 13.2 Å². The predicted molar refractivity (Wildman–Crippen MR) is 62.9 cm³/mol. The van der Waals surface area contributed by atoms with Crippen molar-refractivity contribution >= 4 is 33.3 Å². The molecule has 9 heteroatoms. The van der Waals surface area contributed by atoms with Crippen molar-refractivity contribution < 1.29 is 27.5 Å². The van der Waals surface area contributed by atoms with Gasteiger partial charge >= 0.3 is 11.9 Å². The number of methoxy groups -OCH3 is 2. The molecule has 0 unspecified atom stereocenters. The number of nitrogens with one attached hydrogen (secondary N) is 1. The molecule has 18 heavy (non-hydrogen) atoms. The van der Waals surface area contributed by atoms with E-state index in [4.69, 9.17) is 0 Å². The van der Waals surface area contributed by atoms with Crippen LogP contribution in [0, 0.1) is 0 Å². The number of carbonyl (C=O) groups is 2. The Labute approximate surface area is 108 Å². The van der Waals surface area contributed by atoms with Crippen LogP contribution in [0.3, 0.4) is 0 Å². The quantitative estimate of drug-likeness (QED) is 0.766. The minimum absolute atomic E-state index is 0.0464. The topological polar surface area (TPSA) is 98.8 Å². The Balaban J connectivity index is 2.95. The fourth-order valence-corrected chi connectivity index (χ4v) is 3.36. The van der Waals surface area contributed by atoms with Gasteiger partial charge in [-0.15, -0.1) is 11.3 Å². The summed E-state index contributed by atoms with van der Waals surface area (Å²) in [5.41, 5.74) is 0. The molecule has 0 amide bonds. The number of thiophene rings is 1. The van der Waals surface area contributed by atoms with Crippen molar-refractivity contribution in [2.24, 2.45) is 0 Å². The Hall–Kier alpha value is -1.45. The maximum absolute atomic E-state index is 11.8. The van der Waals surface area contributed by atoms with Gasteiger partial charge in [0, 0.05) is 0 Å². The van der Waals surface area contributed by atoms with E-state index in [2.05, 4.69) is 9.47 Å². The molecular weight excluding hydrogens is 282 g/mol. The maximum atomic E-state index is 11.8. The summed E-state index contributed by atoms with van der Waals surface area (Å²) in [7, 11) is -1.66. The lowest BCUT2D eigenvalue weighted by Crippen LogP contribution is -2.30. The van der Waals surface area contributed by atoms with E-state index < -0.39 is 28.5 Å². The molecule has 0 aliphatic heterocycles. The van der Waals surface area contributed by atoms with E-state index in [1.54, 1.807) is 0 Å². The second-order valence-corrected chi connectivity index (χ2v) is 5.66. The van der Waals surface area contributed by atoms with Crippen molar-refractivity contribution in [2.75, 3.05) is 20.8 Å². The molecule has 0 aromatic carbocycles. The second-order valence-electron chi connectivity index (χ2n) is 3.01. The van der Waals surface area contributed by atoms with Gasteiger partial charge in [0.25, 0.3) is 0 Å². The van der Waals surface area contributed by atoms with Gasteiger partial charge in [-0.05, 0) is 11.4 Å². The Morgan fingerprint density at radius 1 is 1.33 bits per heavy atom. The van der Waals surface area contributed by atoms with E-state index in [9.17, 15) is 18.0 Å². The fourth-order valence-electron chi connectivity index (χ4n) is 1.05. The molecule has 0 aliphatic carbocycles. The Morgan fingerprint density at radius 2 is 2.00 bits per heavy atom. The third kappa shape index (κ3) is 3.28. The summed E-state index contributed by atoms with van der Waals surface area (Å²) in [6, 6.07) is 1.26. The van der Waals surface area contributed by atoms with E-state index in [0.29, 0.717) is 0 Å². The van der Waals surface area contributed by atoms with Gasteiger partial charge in [-0.3, -0.25) is 4.79 Å². The third-order valence-corrected chi connectivity index (χ3v) is 4.39. The normalized spacial score (nSPS) is 11.0. The Bertz CT molecular complexity index is 547. The molecule has 1 aromatic rings. The highest BCUT2D eigenvalue weighted by Gasteiger charge is 2.25. The largest absolute Gasteiger partial charge is 0.468 e. The van der Waals surface area contributed by atoms with Crippen LogP contribution in [0.25, 0.3) is 0 Å². The van der Waals surface area contributed by atoms with Gasteiger partial charge in [0.2, 0.25) is 10.0 Å². The number of hydrogen-bond acceptors (Lipinski definition) is 7. The summed E-state index contributed by atoms with van der Waals surface area (Å²) >= 11 is 0.939. The zero-order chi connectivity index (χ0) is 13.8. The Kier molecular flexibility index (Phi) is 4.82. The summed E-state index contributed by atoms with van der Waals surface area (Å²) in [4.78, 5) is 21.9. The second kappa shape index (κ2) is 5.94. The number of ether oxygens (including phenoxy) is 2. The fraction of sp³-hybridized carbons (Fsp3) is 0.333. The van der Waals surface area contributed by atoms with Crippen molar-refractivity contribution in [1.82, 2.24) is 4.72 Å². The van der Waals surface area contributed by atoms with Crippen LogP contribution in [0.2, 0.25) is 0 Å². The summed E-state index contributed by atoms with van der Waals surface area (Å²) < 4.78 is 34.5. The van der Waals surface area contributed by atoms with Gasteiger partial charge in [-0.1, -0.05) is 0 Å². The number of carbonyl (C=O) groups excluding carboxylic acids is 2. The van der Waals surface area contributed by atoms with E-state index in [-0.39, 0.29) is 9.77 Å². The number of sulfonamides is 1. The summed E-state index contributed by atoms with van der Waals surface area (Å²) in [5.74, 6) is -1.48. The lowest BCUT2D eigenvalue weighted by atomic mass is 10.5. The van der Waals surface area contributed by atoms with Crippen LogP contribution in [0.15, 0.2) is 16.3 Å². The highest BCUT2D eigenvalue weighted by Crippen LogP contribution is 2.22. The number of esters is 2. The number of hydrogen-bond donors (Lipinski definition) is 1. The zero-order valence-electron chi connectivity index (χ0n) is 9.63. The monoisotopic (exact) mass is 293 g/mol. The van der Waals surface area contributed by atoms with E-state index in [1.165, 1.54) is 11.4 Å². The highest BCUT2D eigenvalue weighted by atomic mass is 32.2. The van der Waals surface area contributed by atoms with E-state index in [0.717, 1.165) is 25.6 Å². The van der Waals surface area contributed by atoms with Crippen molar-refractivity contribution in [3.63, 3.8) is 0 Å². The summed E-state index contributed by atoms with van der Waals surface area (Å²) in [6.45, 7) is -0.505. The highest BCUT2D eigenvalue weighted by molar-refractivity contribution is 7.89. The first-order valence-corrected chi connectivity index (χ1v) is 7.01. The van der Waals surface area contributed by atoms with Crippen LogP contribution >= 0.6 is 11.3 Å². The van der Waals surface area contributed by atoms with Crippen molar-refractivity contribution in [2.45, 2.75) is 4.90 Å². The molecule has 7 nitrogen and oxygen atoms in total. The van der Waals surface area contributed by atoms with Crippen LogP contribution in [0.5, 0.6) is 0 Å². The van der Waals surface area contributed by atoms with E-state index in [1.807, 2.05) is 4.72 Å². The molecule has 0 saturated heterocycles. The van der Waals surface area contributed by atoms with Gasteiger partial charge < -0.3 is 9.47 Å². The van der Waals surface area contributed by atoms with Crippen LogP contribution in [-0.4, -0.2) is 41.1 Å². The third-order valence-electron chi connectivity index (χ3n) is 1.92. The molecule has 0 bridgehead atoms. The molecule has 1 aromatic heterocycles.